The molecular formula is C20H19NO5. The number of fused-ring (bicyclic) bond motifs is 1. The fourth-order valence-electron chi connectivity index (χ4n) is 2.64. The monoisotopic (exact) mass is 353 g/mol. The highest BCUT2D eigenvalue weighted by atomic mass is 16.7. The van der Waals surface area contributed by atoms with Crippen LogP contribution in [0.3, 0.4) is 0 Å². The number of benzene rings is 2. The Labute approximate surface area is 150 Å². The number of nitrogens with one attached hydrogen (secondary N) is 1. The smallest absolute Gasteiger partial charge is 0.497 e. The quantitative estimate of drug-likeness (QED) is 0.714. The van der Waals surface area contributed by atoms with Crippen LogP contribution in [-0.2, 0) is 4.74 Å². The van der Waals surface area contributed by atoms with Crippen molar-refractivity contribution in [1.29, 1.82) is 0 Å². The van der Waals surface area contributed by atoms with Gasteiger partial charge in [-0.05, 0) is 37.6 Å². The molecule has 0 radical (unpaired) electrons. The van der Waals surface area contributed by atoms with Crippen LogP contribution in [-0.4, -0.2) is 24.4 Å². The highest BCUT2D eigenvalue weighted by molar-refractivity contribution is 5.94. The molecular weight excluding hydrogens is 334 g/mol. The number of rotatable bonds is 4. The van der Waals surface area contributed by atoms with E-state index in [2.05, 4.69) is 4.98 Å². The number of hydrogen-bond donors (Lipinski definition) is 1. The molecule has 3 aromatic rings. The number of aromatic nitrogens is 1. The summed E-state index contributed by atoms with van der Waals surface area (Å²) in [7, 11) is 1.54. The summed E-state index contributed by atoms with van der Waals surface area (Å²) >= 11 is 0. The molecule has 6 nitrogen and oxygen atoms in total. The van der Waals surface area contributed by atoms with Gasteiger partial charge in [0.15, 0.2) is 5.75 Å². The van der Waals surface area contributed by atoms with Crippen molar-refractivity contribution in [2.45, 2.75) is 20.0 Å². The van der Waals surface area contributed by atoms with E-state index in [1.54, 1.807) is 63.4 Å². The third-order valence-corrected chi connectivity index (χ3v) is 3.75. The lowest BCUT2D eigenvalue weighted by atomic mass is 10.0. The van der Waals surface area contributed by atoms with E-state index in [9.17, 15) is 9.59 Å². The maximum absolute atomic E-state index is 12.7. The molecule has 2 aromatic carbocycles. The maximum Gasteiger partial charge on any atom is 0.514 e. The van der Waals surface area contributed by atoms with Gasteiger partial charge in [0.2, 0.25) is 0 Å². The Hall–Kier alpha value is -3.28. The zero-order valence-electron chi connectivity index (χ0n) is 14.7. The van der Waals surface area contributed by atoms with E-state index in [-0.39, 0.29) is 23.0 Å². The zero-order valence-corrected chi connectivity index (χ0v) is 14.7. The topological polar surface area (TPSA) is 77.6 Å². The van der Waals surface area contributed by atoms with Gasteiger partial charge in [0.1, 0.15) is 5.75 Å². The second kappa shape index (κ2) is 7.31. The Balaban J connectivity index is 2.26. The Bertz CT molecular complexity index is 992. The highest BCUT2D eigenvalue weighted by Gasteiger charge is 2.20. The van der Waals surface area contributed by atoms with Crippen LogP contribution in [0, 0.1) is 0 Å². The maximum atomic E-state index is 12.7. The van der Waals surface area contributed by atoms with Crippen LogP contribution in [0.25, 0.3) is 22.0 Å². The number of carbonyl (C=O) groups excluding carboxylic acids is 1. The Morgan fingerprint density at radius 1 is 1.08 bits per heavy atom. The third-order valence-electron chi connectivity index (χ3n) is 3.75. The van der Waals surface area contributed by atoms with E-state index in [0.717, 1.165) is 0 Å². The van der Waals surface area contributed by atoms with Gasteiger partial charge in [-0.2, -0.15) is 0 Å². The van der Waals surface area contributed by atoms with Gasteiger partial charge in [-0.15, -0.1) is 0 Å². The SMILES string of the molecule is COc1ccc2[nH]c(=O)c(-c3ccccc3)c(OC(=O)OC(C)C)c2c1. The van der Waals surface area contributed by atoms with Crippen molar-refractivity contribution in [1.82, 2.24) is 4.98 Å². The molecule has 6 heteroatoms. The van der Waals surface area contributed by atoms with Gasteiger partial charge in [-0.3, -0.25) is 4.79 Å². The van der Waals surface area contributed by atoms with Gasteiger partial charge in [0.05, 0.1) is 24.3 Å². The van der Waals surface area contributed by atoms with Gasteiger partial charge in [-0.1, -0.05) is 30.3 Å². The van der Waals surface area contributed by atoms with Gasteiger partial charge < -0.3 is 19.2 Å². The lowest BCUT2D eigenvalue weighted by Gasteiger charge is -2.14. The van der Waals surface area contributed by atoms with Gasteiger partial charge in [0.25, 0.3) is 5.56 Å². The predicted molar refractivity (Wildman–Crippen MR) is 98.8 cm³/mol. The van der Waals surface area contributed by atoms with Crippen LogP contribution in [0.2, 0.25) is 0 Å². The molecule has 0 fully saturated rings. The summed E-state index contributed by atoms with van der Waals surface area (Å²) in [4.78, 5) is 27.6. The summed E-state index contributed by atoms with van der Waals surface area (Å²) in [6.07, 6.45) is -1.21. The standard InChI is InChI=1S/C20H19NO5/c1-12(2)25-20(23)26-18-15-11-14(24-3)9-10-16(15)21-19(22)17(18)13-7-5-4-6-8-13/h4-12H,1-3H3,(H,21,22). The van der Waals surface area contributed by atoms with Crippen molar-refractivity contribution in [2.75, 3.05) is 7.11 Å². The first-order chi connectivity index (χ1) is 12.5. The summed E-state index contributed by atoms with van der Waals surface area (Å²) in [6, 6.07) is 14.1. The second-order valence-corrected chi connectivity index (χ2v) is 5.95. The van der Waals surface area contributed by atoms with E-state index in [1.165, 1.54) is 0 Å². The summed E-state index contributed by atoms with van der Waals surface area (Å²) in [5.41, 5.74) is 1.06. The highest BCUT2D eigenvalue weighted by Crippen LogP contribution is 2.35. The minimum atomic E-state index is -0.869. The van der Waals surface area contributed by atoms with Crippen LogP contribution < -0.4 is 15.0 Å². The van der Waals surface area contributed by atoms with Gasteiger partial charge >= 0.3 is 6.16 Å². The molecule has 0 atom stereocenters. The molecule has 0 bridgehead atoms. The Kier molecular flexibility index (Phi) is 4.93. The van der Waals surface area contributed by atoms with Gasteiger partial charge in [0, 0.05) is 5.39 Å². The van der Waals surface area contributed by atoms with E-state index >= 15 is 0 Å². The molecule has 0 saturated heterocycles. The van der Waals surface area contributed by atoms with E-state index < -0.39 is 6.16 Å². The zero-order chi connectivity index (χ0) is 18.7. The predicted octanol–water partition coefficient (Wildman–Crippen LogP) is 4.13. The molecule has 0 aliphatic carbocycles. The lowest BCUT2D eigenvalue weighted by molar-refractivity contribution is 0.0734. The molecule has 0 unspecified atom stereocenters. The summed E-state index contributed by atoms with van der Waals surface area (Å²) in [5, 5.41) is 0.545. The summed E-state index contributed by atoms with van der Waals surface area (Å²) < 4.78 is 15.8. The average molecular weight is 353 g/mol. The normalized spacial score (nSPS) is 10.8. The van der Waals surface area contributed by atoms with Gasteiger partial charge in [-0.25, -0.2) is 4.79 Å². The molecule has 3 rings (SSSR count). The minimum absolute atomic E-state index is 0.138. The Morgan fingerprint density at radius 3 is 2.46 bits per heavy atom. The first-order valence-electron chi connectivity index (χ1n) is 8.17. The number of ether oxygens (including phenoxy) is 3. The molecule has 1 heterocycles. The molecule has 134 valence electrons. The van der Waals surface area contributed by atoms with E-state index in [1.807, 2.05) is 6.07 Å². The van der Waals surface area contributed by atoms with Crippen molar-refractivity contribution in [3.63, 3.8) is 0 Å². The molecule has 0 aliphatic heterocycles. The number of hydrogen-bond acceptors (Lipinski definition) is 5. The summed E-state index contributed by atoms with van der Waals surface area (Å²) in [5.74, 6) is 0.713. The fourth-order valence-corrected chi connectivity index (χ4v) is 2.64. The number of aromatic amines is 1. The van der Waals surface area contributed by atoms with Crippen LogP contribution in [0.15, 0.2) is 53.3 Å². The molecule has 26 heavy (non-hydrogen) atoms. The average Bonchev–Trinajstić information content (AvgIpc) is 2.61. The van der Waals surface area contributed by atoms with Crippen molar-refractivity contribution >= 4 is 17.1 Å². The first kappa shape index (κ1) is 17.5. The number of methoxy groups -OCH3 is 1. The minimum Gasteiger partial charge on any atom is -0.497 e. The number of carbonyl (C=O) groups is 1. The van der Waals surface area contributed by atoms with Crippen LogP contribution >= 0.6 is 0 Å². The first-order valence-corrected chi connectivity index (χ1v) is 8.17. The largest absolute Gasteiger partial charge is 0.514 e. The molecule has 0 spiro atoms. The molecule has 0 aliphatic rings. The second-order valence-electron chi connectivity index (χ2n) is 5.95. The van der Waals surface area contributed by atoms with Crippen LogP contribution in [0.1, 0.15) is 13.8 Å². The van der Waals surface area contributed by atoms with E-state index in [0.29, 0.717) is 22.2 Å². The summed E-state index contributed by atoms with van der Waals surface area (Å²) in [6.45, 7) is 3.44. The van der Waals surface area contributed by atoms with Crippen molar-refractivity contribution < 1.29 is 19.0 Å². The van der Waals surface area contributed by atoms with Crippen molar-refractivity contribution in [2.24, 2.45) is 0 Å². The lowest BCUT2D eigenvalue weighted by Crippen LogP contribution is -2.19. The fraction of sp³-hybridized carbons (Fsp3) is 0.200. The Morgan fingerprint density at radius 2 is 1.81 bits per heavy atom. The molecule has 1 aromatic heterocycles. The van der Waals surface area contributed by atoms with Crippen LogP contribution in [0.5, 0.6) is 11.5 Å². The molecule has 1 N–H and O–H groups in total. The number of H-pyrrole nitrogens is 1. The molecule has 0 amide bonds. The third kappa shape index (κ3) is 3.54. The molecule has 0 saturated carbocycles. The number of pyridine rings is 1. The van der Waals surface area contributed by atoms with Crippen LogP contribution in [0.4, 0.5) is 4.79 Å². The van der Waals surface area contributed by atoms with Crippen molar-refractivity contribution in [3.05, 3.63) is 58.9 Å². The van der Waals surface area contributed by atoms with Crippen molar-refractivity contribution in [3.8, 4) is 22.6 Å². The van der Waals surface area contributed by atoms with E-state index in [4.69, 9.17) is 14.2 Å².